The first-order valence-electron chi connectivity index (χ1n) is 8.01. The van der Waals surface area contributed by atoms with E-state index in [9.17, 15) is 0 Å². The molecule has 4 aromatic rings. The average molecular weight is 330 g/mol. The fraction of sp³-hybridized carbons (Fsp3) is 0.0952. The van der Waals surface area contributed by atoms with Crippen molar-refractivity contribution >= 4 is 22.8 Å². The van der Waals surface area contributed by atoms with E-state index >= 15 is 0 Å². The van der Waals surface area contributed by atoms with Crippen LogP contribution in [0.5, 0.6) is 0 Å². The van der Waals surface area contributed by atoms with Gasteiger partial charge in [-0.15, -0.1) is 11.8 Å². The minimum absolute atomic E-state index is 0.158. The average Bonchev–Trinajstić information content (AvgIpc) is 2.98. The van der Waals surface area contributed by atoms with Crippen LogP contribution in [0.4, 0.5) is 0 Å². The van der Waals surface area contributed by atoms with Crippen molar-refractivity contribution in [2.45, 2.75) is 10.1 Å². The second-order valence-electron chi connectivity index (χ2n) is 5.74. The summed E-state index contributed by atoms with van der Waals surface area (Å²) in [6.45, 7) is 0. The Bertz CT molecular complexity index is 945. The Hall–Kier alpha value is -2.52. The minimum atomic E-state index is 0.158. The van der Waals surface area contributed by atoms with Gasteiger partial charge in [-0.1, -0.05) is 60.7 Å². The van der Waals surface area contributed by atoms with Crippen molar-refractivity contribution in [1.82, 2.24) is 9.55 Å². The number of thioether (sulfide) groups is 1. The summed E-state index contributed by atoms with van der Waals surface area (Å²) >= 11 is 1.84. The number of aryl methyl sites for hydroxylation is 1. The van der Waals surface area contributed by atoms with Gasteiger partial charge in [0.2, 0.25) is 0 Å². The van der Waals surface area contributed by atoms with Gasteiger partial charge in [-0.3, -0.25) is 0 Å². The van der Waals surface area contributed by atoms with Crippen molar-refractivity contribution in [3.05, 3.63) is 96.3 Å². The second-order valence-corrected chi connectivity index (χ2v) is 6.92. The van der Waals surface area contributed by atoms with E-state index in [1.807, 2.05) is 17.8 Å². The molecule has 0 aliphatic rings. The predicted molar refractivity (Wildman–Crippen MR) is 101 cm³/mol. The van der Waals surface area contributed by atoms with Crippen LogP contribution in [0.2, 0.25) is 0 Å². The van der Waals surface area contributed by atoms with Crippen LogP contribution in [0.25, 0.3) is 11.0 Å². The molecule has 0 amide bonds. The molecule has 0 unspecified atom stereocenters. The molecule has 2 nitrogen and oxygen atoms in total. The molecule has 0 fully saturated rings. The fourth-order valence-corrected chi connectivity index (χ4v) is 4.13. The van der Waals surface area contributed by atoms with Crippen molar-refractivity contribution < 1.29 is 0 Å². The molecule has 3 heteroatoms. The molecule has 24 heavy (non-hydrogen) atoms. The first kappa shape index (κ1) is 15.0. The molecule has 0 N–H and O–H groups in total. The summed E-state index contributed by atoms with van der Waals surface area (Å²) in [5.74, 6) is 1.08. The lowest BCUT2D eigenvalue weighted by atomic mass is 10.1. The quantitative estimate of drug-likeness (QED) is 0.463. The van der Waals surface area contributed by atoms with E-state index in [2.05, 4.69) is 90.5 Å². The van der Waals surface area contributed by atoms with Gasteiger partial charge in [-0.25, -0.2) is 4.98 Å². The lowest BCUT2D eigenvalue weighted by Gasteiger charge is -2.17. The standard InChI is InChI=1S/C21H18N2S/c1-23-19-15-9-8-14-18(19)22-21(23)20(16-10-4-2-5-11-16)24-17-12-6-3-7-13-17/h2-15,20H,1H3/t20-/m1/s1. The third-order valence-corrected chi connectivity index (χ3v) is 5.42. The predicted octanol–water partition coefficient (Wildman–Crippen LogP) is 5.46. The maximum absolute atomic E-state index is 4.93. The minimum Gasteiger partial charge on any atom is -0.330 e. The second kappa shape index (κ2) is 6.54. The summed E-state index contributed by atoms with van der Waals surface area (Å²) in [5, 5.41) is 0.158. The lowest BCUT2D eigenvalue weighted by Crippen LogP contribution is -2.05. The number of benzene rings is 3. The van der Waals surface area contributed by atoms with E-state index in [0.29, 0.717) is 0 Å². The first-order chi connectivity index (χ1) is 11.8. The number of hydrogen-bond donors (Lipinski definition) is 0. The van der Waals surface area contributed by atoms with Gasteiger partial charge >= 0.3 is 0 Å². The van der Waals surface area contributed by atoms with Crippen molar-refractivity contribution in [3.63, 3.8) is 0 Å². The number of rotatable bonds is 4. The Morgan fingerprint density at radius 2 is 1.42 bits per heavy atom. The van der Waals surface area contributed by atoms with Gasteiger partial charge in [0, 0.05) is 11.9 Å². The molecule has 0 spiro atoms. The summed E-state index contributed by atoms with van der Waals surface area (Å²) in [6.07, 6.45) is 0. The van der Waals surface area contributed by atoms with Crippen molar-refractivity contribution in [2.24, 2.45) is 7.05 Å². The number of imidazole rings is 1. The van der Waals surface area contributed by atoms with Gasteiger partial charge in [-0.05, 0) is 29.8 Å². The molecular weight excluding hydrogens is 312 g/mol. The molecule has 0 saturated carbocycles. The largest absolute Gasteiger partial charge is 0.330 e. The summed E-state index contributed by atoms with van der Waals surface area (Å²) < 4.78 is 2.21. The van der Waals surface area contributed by atoms with Crippen molar-refractivity contribution in [3.8, 4) is 0 Å². The molecule has 4 rings (SSSR count). The maximum atomic E-state index is 4.93. The smallest absolute Gasteiger partial charge is 0.127 e. The zero-order valence-electron chi connectivity index (χ0n) is 13.5. The third kappa shape index (κ3) is 2.83. The zero-order valence-corrected chi connectivity index (χ0v) is 14.3. The lowest BCUT2D eigenvalue weighted by molar-refractivity contribution is 0.835. The van der Waals surface area contributed by atoms with Gasteiger partial charge in [-0.2, -0.15) is 0 Å². The monoisotopic (exact) mass is 330 g/mol. The number of fused-ring (bicyclic) bond motifs is 1. The number of hydrogen-bond acceptors (Lipinski definition) is 2. The molecule has 0 radical (unpaired) electrons. The van der Waals surface area contributed by atoms with E-state index < -0.39 is 0 Å². The van der Waals surface area contributed by atoms with Gasteiger partial charge in [0.1, 0.15) is 5.82 Å². The van der Waals surface area contributed by atoms with E-state index in [4.69, 9.17) is 4.98 Å². The van der Waals surface area contributed by atoms with E-state index in [0.717, 1.165) is 11.3 Å². The van der Waals surface area contributed by atoms with E-state index in [1.54, 1.807) is 0 Å². The van der Waals surface area contributed by atoms with Gasteiger partial charge < -0.3 is 4.57 Å². The SMILES string of the molecule is Cn1c([C@H](Sc2ccccc2)c2ccccc2)nc2ccccc21. The number of nitrogens with zero attached hydrogens (tertiary/aromatic N) is 2. The highest BCUT2D eigenvalue weighted by atomic mass is 32.2. The van der Waals surface area contributed by atoms with Crippen molar-refractivity contribution in [2.75, 3.05) is 0 Å². The molecule has 0 saturated heterocycles. The zero-order chi connectivity index (χ0) is 16.4. The summed E-state index contributed by atoms with van der Waals surface area (Å²) in [4.78, 5) is 6.18. The van der Waals surface area contributed by atoms with Crippen LogP contribution in [0.1, 0.15) is 16.6 Å². The van der Waals surface area contributed by atoms with Crippen LogP contribution in [0, 0.1) is 0 Å². The number of aromatic nitrogens is 2. The van der Waals surface area contributed by atoms with Crippen molar-refractivity contribution in [1.29, 1.82) is 0 Å². The van der Waals surface area contributed by atoms with Crippen LogP contribution in [0.15, 0.2) is 89.8 Å². The van der Waals surface area contributed by atoms with E-state index in [1.165, 1.54) is 16.0 Å². The molecule has 1 atom stereocenters. The summed E-state index contributed by atoms with van der Waals surface area (Å²) in [5.41, 5.74) is 3.48. The van der Waals surface area contributed by atoms with Gasteiger partial charge in [0.05, 0.1) is 16.3 Å². The molecule has 0 aliphatic carbocycles. The Morgan fingerprint density at radius 1 is 0.792 bits per heavy atom. The van der Waals surface area contributed by atoms with Crippen LogP contribution in [-0.4, -0.2) is 9.55 Å². The van der Waals surface area contributed by atoms with Crippen LogP contribution in [0.3, 0.4) is 0 Å². The highest BCUT2D eigenvalue weighted by molar-refractivity contribution is 7.99. The van der Waals surface area contributed by atoms with Gasteiger partial charge in [0.25, 0.3) is 0 Å². The molecule has 0 bridgehead atoms. The van der Waals surface area contributed by atoms with Crippen LogP contribution < -0.4 is 0 Å². The normalized spacial score (nSPS) is 12.4. The maximum Gasteiger partial charge on any atom is 0.127 e. The molecule has 1 heterocycles. The van der Waals surface area contributed by atoms with Crippen LogP contribution >= 0.6 is 11.8 Å². The van der Waals surface area contributed by atoms with Crippen LogP contribution in [-0.2, 0) is 7.05 Å². The van der Waals surface area contributed by atoms with Gasteiger partial charge in [0.15, 0.2) is 0 Å². The first-order valence-corrected chi connectivity index (χ1v) is 8.89. The van der Waals surface area contributed by atoms with E-state index in [-0.39, 0.29) is 5.25 Å². The highest BCUT2D eigenvalue weighted by Crippen LogP contribution is 2.40. The Kier molecular flexibility index (Phi) is 4.09. The molecule has 1 aromatic heterocycles. The Labute approximate surface area is 146 Å². The number of para-hydroxylation sites is 2. The third-order valence-electron chi connectivity index (χ3n) is 4.16. The summed E-state index contributed by atoms with van der Waals surface area (Å²) in [7, 11) is 2.10. The molecule has 118 valence electrons. The molecular formula is C21H18N2S. The topological polar surface area (TPSA) is 17.8 Å². The highest BCUT2D eigenvalue weighted by Gasteiger charge is 2.21. The Morgan fingerprint density at radius 3 is 2.12 bits per heavy atom. The molecule has 0 aliphatic heterocycles. The summed E-state index contributed by atoms with van der Waals surface area (Å²) in [6, 6.07) is 29.4. The fourth-order valence-electron chi connectivity index (χ4n) is 2.93. The molecule has 3 aromatic carbocycles. The Balaban J connectivity index is 1.84.